The van der Waals surface area contributed by atoms with E-state index in [-0.39, 0.29) is 18.1 Å². The van der Waals surface area contributed by atoms with Crippen LogP contribution in [0.4, 0.5) is 10.1 Å². The van der Waals surface area contributed by atoms with Gasteiger partial charge in [-0.2, -0.15) is 0 Å². The van der Waals surface area contributed by atoms with Crippen molar-refractivity contribution in [3.63, 3.8) is 0 Å². The molecule has 0 fully saturated rings. The highest BCUT2D eigenvalue weighted by molar-refractivity contribution is 5.42. The van der Waals surface area contributed by atoms with Crippen molar-refractivity contribution in [2.45, 2.75) is 13.5 Å². The van der Waals surface area contributed by atoms with Crippen LogP contribution in [-0.2, 0) is 6.54 Å². The number of aliphatic hydroxyl groups is 1. The highest BCUT2D eigenvalue weighted by atomic mass is 19.1. The molecule has 0 atom stereocenters. The maximum absolute atomic E-state index is 13.5. The Hall–Kier alpha value is -1.13. The Morgan fingerprint density at radius 1 is 1.47 bits per heavy atom. The van der Waals surface area contributed by atoms with Gasteiger partial charge in [-0.05, 0) is 12.6 Å². The Morgan fingerprint density at radius 3 is 2.80 bits per heavy atom. The quantitative estimate of drug-likeness (QED) is 0.721. The van der Waals surface area contributed by atoms with Gasteiger partial charge in [0.1, 0.15) is 0 Å². The number of nitrogens with two attached hydrogens (primary N) is 1. The molecule has 3 nitrogen and oxygen atoms in total. The van der Waals surface area contributed by atoms with Gasteiger partial charge >= 0.3 is 0 Å². The number of anilines is 1. The number of hydrogen-bond donors (Lipinski definition) is 2. The van der Waals surface area contributed by atoms with E-state index in [1.807, 2.05) is 11.8 Å². The summed E-state index contributed by atoms with van der Waals surface area (Å²) in [6, 6.07) is 4.99. The first-order chi connectivity index (χ1) is 7.19. The van der Waals surface area contributed by atoms with Crippen LogP contribution in [0.2, 0.25) is 0 Å². The Balaban J connectivity index is 2.74. The molecule has 0 radical (unpaired) electrons. The van der Waals surface area contributed by atoms with Crippen molar-refractivity contribution in [2.75, 3.05) is 25.4 Å². The van der Waals surface area contributed by atoms with Gasteiger partial charge in [-0.1, -0.05) is 19.1 Å². The summed E-state index contributed by atoms with van der Waals surface area (Å²) in [5.74, 6) is -0.353. The average Bonchev–Trinajstić information content (AvgIpc) is 2.24. The van der Waals surface area contributed by atoms with E-state index in [4.69, 9.17) is 10.8 Å². The fourth-order valence-corrected chi connectivity index (χ4v) is 1.45. The molecule has 0 aliphatic heterocycles. The molecule has 0 spiro atoms. The lowest BCUT2D eigenvalue weighted by Gasteiger charge is -2.19. The van der Waals surface area contributed by atoms with Gasteiger partial charge in [0.05, 0.1) is 12.3 Å². The van der Waals surface area contributed by atoms with E-state index in [9.17, 15) is 4.39 Å². The monoisotopic (exact) mass is 212 g/mol. The van der Waals surface area contributed by atoms with Crippen LogP contribution < -0.4 is 5.73 Å². The number of halogens is 1. The number of rotatable bonds is 5. The summed E-state index contributed by atoms with van der Waals surface area (Å²) in [7, 11) is 0. The second kappa shape index (κ2) is 5.68. The Labute approximate surface area is 89.3 Å². The van der Waals surface area contributed by atoms with Crippen LogP contribution in [0.1, 0.15) is 12.5 Å². The normalized spacial score (nSPS) is 10.9. The van der Waals surface area contributed by atoms with Gasteiger partial charge in [0.15, 0.2) is 5.82 Å². The first-order valence-electron chi connectivity index (χ1n) is 5.05. The van der Waals surface area contributed by atoms with Crippen LogP contribution in [-0.4, -0.2) is 29.7 Å². The first-order valence-corrected chi connectivity index (χ1v) is 5.05. The van der Waals surface area contributed by atoms with Crippen molar-refractivity contribution in [2.24, 2.45) is 0 Å². The van der Waals surface area contributed by atoms with Gasteiger partial charge in [-0.15, -0.1) is 0 Å². The van der Waals surface area contributed by atoms with E-state index in [0.29, 0.717) is 18.7 Å². The van der Waals surface area contributed by atoms with Crippen molar-refractivity contribution < 1.29 is 9.50 Å². The van der Waals surface area contributed by atoms with Gasteiger partial charge in [0.25, 0.3) is 0 Å². The van der Waals surface area contributed by atoms with Crippen LogP contribution in [0, 0.1) is 5.82 Å². The first kappa shape index (κ1) is 11.9. The molecular formula is C11H17FN2O. The molecule has 0 aromatic heterocycles. The lowest BCUT2D eigenvalue weighted by atomic mass is 10.1. The molecule has 15 heavy (non-hydrogen) atoms. The third-order valence-electron chi connectivity index (χ3n) is 2.37. The molecular weight excluding hydrogens is 195 g/mol. The molecule has 0 aliphatic carbocycles. The smallest absolute Gasteiger partial charge is 0.150 e. The number of aliphatic hydroxyl groups excluding tert-OH is 1. The second-order valence-electron chi connectivity index (χ2n) is 3.41. The SMILES string of the molecule is CCN(CCO)Cc1cccc(N)c1F. The molecule has 1 rings (SSSR count). The summed E-state index contributed by atoms with van der Waals surface area (Å²) >= 11 is 0. The summed E-state index contributed by atoms with van der Waals surface area (Å²) < 4.78 is 13.5. The predicted molar refractivity (Wildman–Crippen MR) is 58.8 cm³/mol. The zero-order chi connectivity index (χ0) is 11.3. The Bertz CT molecular complexity index is 317. The minimum atomic E-state index is -0.353. The van der Waals surface area contributed by atoms with Crippen molar-refractivity contribution in [1.82, 2.24) is 4.90 Å². The van der Waals surface area contributed by atoms with Crippen molar-refractivity contribution in [1.29, 1.82) is 0 Å². The summed E-state index contributed by atoms with van der Waals surface area (Å²) in [4.78, 5) is 1.96. The number of nitrogen functional groups attached to an aromatic ring is 1. The molecule has 0 aliphatic rings. The van der Waals surface area contributed by atoms with Crippen LogP contribution >= 0.6 is 0 Å². The van der Waals surface area contributed by atoms with Gasteiger partial charge in [0, 0.05) is 18.7 Å². The molecule has 0 saturated carbocycles. The number of nitrogens with zero attached hydrogens (tertiary/aromatic N) is 1. The van der Waals surface area contributed by atoms with Crippen LogP contribution in [0.15, 0.2) is 18.2 Å². The topological polar surface area (TPSA) is 49.5 Å². The van der Waals surface area contributed by atoms with Gasteiger partial charge in [-0.25, -0.2) is 4.39 Å². The third-order valence-corrected chi connectivity index (χ3v) is 2.37. The maximum Gasteiger partial charge on any atom is 0.150 e. The zero-order valence-electron chi connectivity index (χ0n) is 8.91. The molecule has 0 saturated heterocycles. The minimum absolute atomic E-state index is 0.0811. The fraction of sp³-hybridized carbons (Fsp3) is 0.455. The van der Waals surface area contributed by atoms with Gasteiger partial charge in [-0.3, -0.25) is 4.90 Å². The molecule has 1 aromatic carbocycles. The summed E-state index contributed by atoms with van der Waals surface area (Å²) in [5.41, 5.74) is 6.22. The lowest BCUT2D eigenvalue weighted by molar-refractivity contribution is 0.195. The van der Waals surface area contributed by atoms with Crippen LogP contribution in [0.5, 0.6) is 0 Å². The van der Waals surface area contributed by atoms with Crippen molar-refractivity contribution in [3.05, 3.63) is 29.6 Å². The molecule has 0 unspecified atom stereocenters. The summed E-state index contributed by atoms with van der Waals surface area (Å²) in [6.45, 7) is 3.85. The minimum Gasteiger partial charge on any atom is -0.396 e. The average molecular weight is 212 g/mol. The van der Waals surface area contributed by atoms with E-state index in [0.717, 1.165) is 6.54 Å². The zero-order valence-corrected chi connectivity index (χ0v) is 8.91. The number of hydrogen-bond acceptors (Lipinski definition) is 3. The molecule has 4 heteroatoms. The van der Waals surface area contributed by atoms with E-state index in [2.05, 4.69) is 0 Å². The predicted octanol–water partition coefficient (Wildman–Crippen LogP) is 1.22. The third kappa shape index (κ3) is 3.18. The highest BCUT2D eigenvalue weighted by Gasteiger charge is 2.09. The van der Waals surface area contributed by atoms with Crippen LogP contribution in [0.3, 0.4) is 0 Å². The molecule has 3 N–H and O–H groups in total. The van der Waals surface area contributed by atoms with E-state index < -0.39 is 0 Å². The summed E-state index contributed by atoms with van der Waals surface area (Å²) in [5, 5.41) is 8.81. The molecule has 84 valence electrons. The standard InChI is InChI=1S/C11H17FN2O/c1-2-14(6-7-15)8-9-4-3-5-10(13)11(9)12/h3-5,15H,2,6-8,13H2,1H3. The summed E-state index contributed by atoms with van der Waals surface area (Å²) in [6.07, 6.45) is 0. The molecule has 0 bridgehead atoms. The molecule has 0 heterocycles. The number of benzene rings is 1. The lowest BCUT2D eigenvalue weighted by Crippen LogP contribution is -2.26. The fourth-order valence-electron chi connectivity index (χ4n) is 1.45. The van der Waals surface area contributed by atoms with Gasteiger partial charge < -0.3 is 10.8 Å². The van der Waals surface area contributed by atoms with Gasteiger partial charge in [0.2, 0.25) is 0 Å². The largest absolute Gasteiger partial charge is 0.396 e. The molecule has 1 aromatic rings. The van der Waals surface area contributed by atoms with E-state index >= 15 is 0 Å². The van der Waals surface area contributed by atoms with E-state index in [1.165, 1.54) is 0 Å². The number of likely N-dealkylation sites (N-methyl/N-ethyl adjacent to an activating group) is 1. The highest BCUT2D eigenvalue weighted by Crippen LogP contribution is 2.16. The van der Waals surface area contributed by atoms with Crippen molar-refractivity contribution >= 4 is 5.69 Å². The van der Waals surface area contributed by atoms with Crippen molar-refractivity contribution in [3.8, 4) is 0 Å². The van der Waals surface area contributed by atoms with E-state index in [1.54, 1.807) is 18.2 Å². The Kier molecular flexibility index (Phi) is 4.52. The molecule has 0 amide bonds. The second-order valence-corrected chi connectivity index (χ2v) is 3.41. The Morgan fingerprint density at radius 2 is 2.20 bits per heavy atom. The van der Waals surface area contributed by atoms with Crippen LogP contribution in [0.25, 0.3) is 0 Å². The maximum atomic E-state index is 13.5.